The van der Waals surface area contributed by atoms with Crippen molar-refractivity contribution in [1.29, 1.82) is 0 Å². The number of benzene rings is 2. The largest absolute Gasteiger partial charge is 0.369 e. The number of hydrogen-bond acceptors (Lipinski definition) is 5. The number of nitrogens with two attached hydrogens (primary N) is 1. The second kappa shape index (κ2) is 9.58. The minimum absolute atomic E-state index is 0.00549. The molecule has 3 rings (SSSR count). The van der Waals surface area contributed by atoms with Crippen LogP contribution in [0.3, 0.4) is 0 Å². The Morgan fingerprint density at radius 1 is 1.03 bits per heavy atom. The fourth-order valence-corrected chi connectivity index (χ4v) is 3.98. The van der Waals surface area contributed by atoms with Gasteiger partial charge < -0.3 is 10.2 Å². The van der Waals surface area contributed by atoms with Gasteiger partial charge in [-0.2, -0.15) is 0 Å². The summed E-state index contributed by atoms with van der Waals surface area (Å²) in [4.78, 5) is 16.7. The fourth-order valence-electron chi connectivity index (χ4n) is 3.26. The van der Waals surface area contributed by atoms with Gasteiger partial charge in [-0.05, 0) is 35.9 Å². The minimum atomic E-state index is -3.67. The number of hydrogen-bond donors (Lipinski definition) is 2. The van der Waals surface area contributed by atoms with Crippen molar-refractivity contribution in [1.82, 2.24) is 10.2 Å². The van der Waals surface area contributed by atoms with Crippen LogP contribution in [0.1, 0.15) is 12.0 Å². The van der Waals surface area contributed by atoms with E-state index in [0.29, 0.717) is 24.5 Å². The van der Waals surface area contributed by atoms with Gasteiger partial charge in [-0.1, -0.05) is 29.8 Å². The van der Waals surface area contributed by atoms with Crippen molar-refractivity contribution >= 4 is 33.2 Å². The summed E-state index contributed by atoms with van der Waals surface area (Å²) in [5, 5.41) is 8.70. The van der Waals surface area contributed by atoms with Crippen LogP contribution in [0, 0.1) is 0 Å². The van der Waals surface area contributed by atoms with Crippen LogP contribution in [0.5, 0.6) is 0 Å². The molecule has 0 aliphatic carbocycles. The molecule has 7 nitrogen and oxygen atoms in total. The van der Waals surface area contributed by atoms with E-state index in [1.807, 2.05) is 24.3 Å². The lowest BCUT2D eigenvalue weighted by Gasteiger charge is -2.36. The maximum absolute atomic E-state index is 12.1. The first-order chi connectivity index (χ1) is 13.8. The van der Waals surface area contributed by atoms with E-state index in [-0.39, 0.29) is 10.8 Å². The summed E-state index contributed by atoms with van der Waals surface area (Å²) < 4.78 is 22.7. The summed E-state index contributed by atoms with van der Waals surface area (Å²) in [7, 11) is -3.67. The molecule has 0 unspecified atom stereocenters. The van der Waals surface area contributed by atoms with Crippen LogP contribution in [0.2, 0.25) is 5.02 Å². The molecular weight excluding hydrogens is 412 g/mol. The number of piperazine rings is 1. The molecule has 29 heavy (non-hydrogen) atoms. The van der Waals surface area contributed by atoms with Crippen LogP contribution in [0.25, 0.3) is 0 Å². The normalized spacial score (nSPS) is 15.3. The predicted octanol–water partition coefficient (Wildman–Crippen LogP) is 1.82. The zero-order chi connectivity index (χ0) is 20.9. The summed E-state index contributed by atoms with van der Waals surface area (Å²) in [5.41, 5.74) is 1.87. The second-order valence-electron chi connectivity index (χ2n) is 6.99. The monoisotopic (exact) mass is 436 g/mol. The van der Waals surface area contributed by atoms with E-state index in [1.165, 1.54) is 12.1 Å². The summed E-state index contributed by atoms with van der Waals surface area (Å²) in [6.45, 7) is 4.45. The predicted molar refractivity (Wildman–Crippen MR) is 114 cm³/mol. The van der Waals surface area contributed by atoms with Crippen LogP contribution in [0.15, 0.2) is 53.4 Å². The molecule has 1 aliphatic heterocycles. The molecule has 2 aromatic rings. The Morgan fingerprint density at radius 3 is 2.31 bits per heavy atom. The van der Waals surface area contributed by atoms with Crippen LogP contribution >= 0.6 is 11.6 Å². The minimum Gasteiger partial charge on any atom is -0.369 e. The number of nitrogens with one attached hydrogen (secondary N) is 1. The Bertz CT molecular complexity index is 942. The quantitative estimate of drug-likeness (QED) is 0.690. The lowest BCUT2D eigenvalue weighted by molar-refractivity contribution is -0.121. The Labute approximate surface area is 176 Å². The number of halogens is 1. The molecule has 1 saturated heterocycles. The van der Waals surface area contributed by atoms with E-state index >= 15 is 0 Å². The van der Waals surface area contributed by atoms with E-state index in [2.05, 4.69) is 15.1 Å². The standard InChI is InChI=1S/C20H25ClN4O3S/c21-19-4-2-1-3-16(19)15-23-20(26)9-10-24-11-13-25(14-12-24)17-5-7-18(8-6-17)29(22,27)28/h1-8H,9-15H2,(H,23,26)(H2,22,27,28). The molecule has 0 atom stereocenters. The first-order valence-corrected chi connectivity index (χ1v) is 11.4. The number of carbonyl (C=O) groups is 1. The molecule has 1 fully saturated rings. The molecule has 0 aromatic heterocycles. The van der Waals surface area contributed by atoms with Crippen LogP contribution < -0.4 is 15.4 Å². The van der Waals surface area contributed by atoms with Gasteiger partial charge in [0, 0.05) is 56.4 Å². The molecule has 1 amide bonds. The van der Waals surface area contributed by atoms with Crippen molar-refractivity contribution < 1.29 is 13.2 Å². The Balaban J connectivity index is 1.40. The number of primary sulfonamides is 1. The van der Waals surface area contributed by atoms with Crippen molar-refractivity contribution in [3.63, 3.8) is 0 Å². The third-order valence-electron chi connectivity index (χ3n) is 4.99. The zero-order valence-corrected chi connectivity index (χ0v) is 17.6. The first kappa shape index (κ1) is 21.6. The molecule has 9 heteroatoms. The smallest absolute Gasteiger partial charge is 0.238 e. The average molecular weight is 437 g/mol. The van der Waals surface area contributed by atoms with Gasteiger partial charge in [-0.3, -0.25) is 9.69 Å². The summed E-state index contributed by atoms with van der Waals surface area (Å²) in [5.74, 6) is 0.00549. The summed E-state index contributed by atoms with van der Waals surface area (Å²) >= 11 is 6.10. The summed E-state index contributed by atoms with van der Waals surface area (Å²) in [6.07, 6.45) is 0.438. The maximum Gasteiger partial charge on any atom is 0.238 e. The lowest BCUT2D eigenvalue weighted by Crippen LogP contribution is -2.47. The number of rotatable bonds is 7. The number of sulfonamides is 1. The molecule has 1 aliphatic rings. The lowest BCUT2D eigenvalue weighted by atomic mass is 10.2. The Morgan fingerprint density at radius 2 is 1.69 bits per heavy atom. The average Bonchev–Trinajstić information content (AvgIpc) is 2.71. The Kier molecular flexibility index (Phi) is 7.13. The van der Waals surface area contributed by atoms with Gasteiger partial charge in [0.25, 0.3) is 0 Å². The van der Waals surface area contributed by atoms with Gasteiger partial charge in [-0.15, -0.1) is 0 Å². The molecule has 0 radical (unpaired) electrons. The molecule has 0 bridgehead atoms. The van der Waals surface area contributed by atoms with E-state index in [0.717, 1.165) is 37.4 Å². The van der Waals surface area contributed by atoms with E-state index < -0.39 is 10.0 Å². The SMILES string of the molecule is NS(=O)(=O)c1ccc(N2CCN(CCC(=O)NCc3ccccc3Cl)CC2)cc1. The molecular formula is C20H25ClN4O3S. The van der Waals surface area contributed by atoms with Crippen LogP contribution in [-0.4, -0.2) is 51.9 Å². The highest BCUT2D eigenvalue weighted by atomic mass is 35.5. The van der Waals surface area contributed by atoms with Gasteiger partial charge in [0.15, 0.2) is 0 Å². The topological polar surface area (TPSA) is 95.7 Å². The van der Waals surface area contributed by atoms with Gasteiger partial charge in [0.05, 0.1) is 4.90 Å². The van der Waals surface area contributed by atoms with Crippen molar-refractivity contribution in [2.45, 2.75) is 17.9 Å². The third-order valence-corrected chi connectivity index (χ3v) is 6.29. The van der Waals surface area contributed by atoms with Gasteiger partial charge >= 0.3 is 0 Å². The van der Waals surface area contributed by atoms with E-state index in [9.17, 15) is 13.2 Å². The molecule has 1 heterocycles. The fraction of sp³-hybridized carbons (Fsp3) is 0.350. The van der Waals surface area contributed by atoms with Crippen molar-refractivity contribution in [3.05, 3.63) is 59.1 Å². The zero-order valence-electron chi connectivity index (χ0n) is 16.1. The third kappa shape index (κ3) is 6.17. The van der Waals surface area contributed by atoms with E-state index in [4.69, 9.17) is 16.7 Å². The molecule has 156 valence electrons. The van der Waals surface area contributed by atoms with Crippen molar-refractivity contribution in [2.75, 3.05) is 37.6 Å². The maximum atomic E-state index is 12.1. The molecule has 0 spiro atoms. The molecule has 3 N–H and O–H groups in total. The van der Waals surface area contributed by atoms with Gasteiger partial charge in [0.1, 0.15) is 0 Å². The number of carbonyl (C=O) groups excluding carboxylic acids is 1. The molecule has 2 aromatic carbocycles. The summed E-state index contributed by atoms with van der Waals surface area (Å²) in [6, 6.07) is 14.1. The van der Waals surface area contributed by atoms with Gasteiger partial charge in [-0.25, -0.2) is 13.6 Å². The Hall–Kier alpha value is -2.13. The van der Waals surface area contributed by atoms with Crippen LogP contribution in [-0.2, 0) is 21.4 Å². The van der Waals surface area contributed by atoms with Crippen molar-refractivity contribution in [3.8, 4) is 0 Å². The first-order valence-electron chi connectivity index (χ1n) is 9.43. The van der Waals surface area contributed by atoms with Gasteiger partial charge in [0.2, 0.25) is 15.9 Å². The number of amides is 1. The number of anilines is 1. The highest BCUT2D eigenvalue weighted by molar-refractivity contribution is 7.89. The highest BCUT2D eigenvalue weighted by Crippen LogP contribution is 2.19. The highest BCUT2D eigenvalue weighted by Gasteiger charge is 2.18. The van der Waals surface area contributed by atoms with Crippen LogP contribution in [0.4, 0.5) is 5.69 Å². The second-order valence-corrected chi connectivity index (χ2v) is 8.95. The van der Waals surface area contributed by atoms with E-state index in [1.54, 1.807) is 12.1 Å². The van der Waals surface area contributed by atoms with Crippen molar-refractivity contribution in [2.24, 2.45) is 5.14 Å². The molecule has 0 saturated carbocycles. The number of nitrogens with zero attached hydrogens (tertiary/aromatic N) is 2.